The monoisotopic (exact) mass is 939 g/mol. The topological polar surface area (TPSA) is 61.8 Å². The fraction of sp³-hybridized carbons (Fsp3) is 0.619. The number of rotatable bonds is 49. The summed E-state index contributed by atoms with van der Waals surface area (Å²) in [7, 11) is 0. The molecule has 0 aliphatic heterocycles. The van der Waals surface area contributed by atoms with E-state index in [1.165, 1.54) is 64.2 Å². The van der Waals surface area contributed by atoms with Crippen LogP contribution in [-0.2, 0) is 23.8 Å². The van der Waals surface area contributed by atoms with Gasteiger partial charge in [-0.3, -0.25) is 9.59 Å². The van der Waals surface area contributed by atoms with Crippen LogP contribution >= 0.6 is 0 Å². The maximum Gasteiger partial charge on any atom is 0.306 e. The van der Waals surface area contributed by atoms with E-state index < -0.39 is 6.10 Å². The van der Waals surface area contributed by atoms with Gasteiger partial charge in [-0.05, 0) is 109 Å². The summed E-state index contributed by atoms with van der Waals surface area (Å²) in [6.07, 6.45) is 81.9. The number of esters is 2. The lowest BCUT2D eigenvalue weighted by Crippen LogP contribution is -2.30. The van der Waals surface area contributed by atoms with E-state index in [9.17, 15) is 9.59 Å². The molecule has 0 bridgehead atoms. The Bertz CT molecular complexity index is 1430. The molecule has 0 aliphatic carbocycles. The minimum Gasteiger partial charge on any atom is -0.462 e. The van der Waals surface area contributed by atoms with E-state index in [-0.39, 0.29) is 25.2 Å². The van der Waals surface area contributed by atoms with Gasteiger partial charge < -0.3 is 14.2 Å². The first-order valence-corrected chi connectivity index (χ1v) is 27.7. The summed E-state index contributed by atoms with van der Waals surface area (Å²) in [5, 5.41) is 0. The second-order valence-corrected chi connectivity index (χ2v) is 17.7. The van der Waals surface area contributed by atoms with Gasteiger partial charge in [-0.2, -0.15) is 0 Å². The third-order valence-corrected chi connectivity index (χ3v) is 11.2. The van der Waals surface area contributed by atoms with E-state index in [1.54, 1.807) is 0 Å². The molecule has 0 aromatic rings. The predicted molar refractivity (Wildman–Crippen MR) is 297 cm³/mol. The highest BCUT2D eigenvalue weighted by atomic mass is 16.6. The Labute approximate surface area is 419 Å². The van der Waals surface area contributed by atoms with Crippen molar-refractivity contribution in [3.63, 3.8) is 0 Å². The molecular weight excluding hydrogens is 837 g/mol. The van der Waals surface area contributed by atoms with E-state index in [4.69, 9.17) is 14.2 Å². The molecule has 0 fully saturated rings. The van der Waals surface area contributed by atoms with Crippen LogP contribution in [-0.4, -0.2) is 37.9 Å². The number of carbonyl (C=O) groups is 2. The number of allylic oxidation sites excluding steroid dienone is 22. The van der Waals surface area contributed by atoms with Gasteiger partial charge in [0, 0.05) is 19.4 Å². The van der Waals surface area contributed by atoms with E-state index in [0.29, 0.717) is 19.4 Å². The average Bonchev–Trinajstić information content (AvgIpc) is 3.34. The van der Waals surface area contributed by atoms with Crippen LogP contribution in [0.25, 0.3) is 0 Å². The van der Waals surface area contributed by atoms with Gasteiger partial charge in [0.05, 0.1) is 6.61 Å². The Hall–Kier alpha value is -3.96. The van der Waals surface area contributed by atoms with Crippen molar-refractivity contribution < 1.29 is 23.8 Å². The molecule has 68 heavy (non-hydrogen) atoms. The molecule has 5 heteroatoms. The molecule has 5 nitrogen and oxygen atoms in total. The molecular formula is C63H102O5. The minimum absolute atomic E-state index is 0.0381. The lowest BCUT2D eigenvalue weighted by Gasteiger charge is -2.18. The van der Waals surface area contributed by atoms with Crippen molar-refractivity contribution >= 4 is 11.9 Å². The molecule has 1 atom stereocenters. The summed E-state index contributed by atoms with van der Waals surface area (Å²) in [6, 6.07) is 0. The van der Waals surface area contributed by atoms with Crippen LogP contribution in [0.3, 0.4) is 0 Å². The zero-order valence-corrected chi connectivity index (χ0v) is 44.1. The van der Waals surface area contributed by atoms with Crippen LogP contribution in [0.1, 0.15) is 226 Å². The van der Waals surface area contributed by atoms with Crippen LogP contribution in [0, 0.1) is 0 Å². The Morgan fingerprint density at radius 2 is 0.662 bits per heavy atom. The quantitative estimate of drug-likeness (QED) is 0.0345. The first-order valence-electron chi connectivity index (χ1n) is 27.7. The maximum absolute atomic E-state index is 12.8. The molecule has 1 unspecified atom stereocenters. The molecule has 0 rings (SSSR count). The normalized spacial score (nSPS) is 13.3. The molecule has 0 saturated heterocycles. The molecule has 384 valence electrons. The molecule has 0 aromatic carbocycles. The lowest BCUT2D eigenvalue weighted by molar-refractivity contribution is -0.163. The highest BCUT2D eigenvalue weighted by molar-refractivity contribution is 5.70. The van der Waals surface area contributed by atoms with Gasteiger partial charge in [-0.15, -0.1) is 0 Å². The van der Waals surface area contributed by atoms with Gasteiger partial charge in [0.25, 0.3) is 0 Å². The fourth-order valence-electron chi connectivity index (χ4n) is 7.14. The molecule has 0 saturated carbocycles. The number of carbonyl (C=O) groups excluding carboxylic acids is 2. The highest BCUT2D eigenvalue weighted by Crippen LogP contribution is 2.14. The summed E-state index contributed by atoms with van der Waals surface area (Å²) in [5.74, 6) is -0.471. The first kappa shape index (κ1) is 64.0. The van der Waals surface area contributed by atoms with Crippen LogP contribution in [0.5, 0.6) is 0 Å². The zero-order chi connectivity index (χ0) is 49.2. The summed E-state index contributed by atoms with van der Waals surface area (Å²) >= 11 is 0. The number of hydrogen-bond donors (Lipinski definition) is 0. The maximum atomic E-state index is 12.8. The summed E-state index contributed by atoms with van der Waals surface area (Å²) in [4.78, 5) is 25.5. The summed E-state index contributed by atoms with van der Waals surface area (Å²) < 4.78 is 17.4. The Morgan fingerprint density at radius 1 is 0.338 bits per heavy atom. The molecule has 0 amide bonds. The standard InChI is InChI=1S/C63H102O5/c1-4-7-10-13-16-19-22-25-27-29-31-33-35-37-40-43-46-49-52-55-58-66-59-61(68-63(65)57-54-51-48-45-42-38-24-21-18-15-12-9-6-3)60-67-62(64)56-53-50-47-44-41-39-36-34-32-30-28-26-23-20-17-14-11-8-5-2/h7-8,10-11,16-17,19-20,25-28,31-34,37,39-41,46,49,61H,4-6,9,12-15,18,21-24,29-30,35-36,38,42-45,47-48,50-60H2,1-3H3/b10-7-,11-8-,19-16-,20-17-,27-25-,28-26-,33-31-,34-32-,40-37-,41-39-,49-46-. The van der Waals surface area contributed by atoms with Crippen LogP contribution in [0.15, 0.2) is 134 Å². The van der Waals surface area contributed by atoms with Gasteiger partial charge >= 0.3 is 11.9 Å². The van der Waals surface area contributed by atoms with Crippen LogP contribution in [0.2, 0.25) is 0 Å². The Kier molecular flexibility index (Phi) is 54.0. The summed E-state index contributed by atoms with van der Waals surface area (Å²) in [5.41, 5.74) is 0. The van der Waals surface area contributed by atoms with Crippen molar-refractivity contribution in [2.75, 3.05) is 19.8 Å². The first-order chi connectivity index (χ1) is 33.6. The molecule has 0 spiro atoms. The van der Waals surface area contributed by atoms with Gasteiger partial charge in [0.2, 0.25) is 0 Å². The fourth-order valence-corrected chi connectivity index (χ4v) is 7.14. The van der Waals surface area contributed by atoms with E-state index >= 15 is 0 Å². The SMILES string of the molecule is CC/C=C\C/C=C\C/C=C\C/C=C\C/C=C\C/C=C\CCCOCC(COC(=O)CCCCC/C=C\C/C=C\C/C=C\C/C=C\C/C=C\CC)OC(=O)CCCCCCCCCCCCCCC. The van der Waals surface area contributed by atoms with Gasteiger partial charge in [-0.1, -0.05) is 238 Å². The second-order valence-electron chi connectivity index (χ2n) is 17.7. The van der Waals surface area contributed by atoms with E-state index in [2.05, 4.69) is 154 Å². The number of ether oxygens (including phenoxy) is 3. The largest absolute Gasteiger partial charge is 0.462 e. The molecule has 0 aromatic heterocycles. The average molecular weight is 940 g/mol. The van der Waals surface area contributed by atoms with E-state index in [1.807, 2.05) is 0 Å². The molecule has 0 aliphatic rings. The van der Waals surface area contributed by atoms with Crippen molar-refractivity contribution in [3.8, 4) is 0 Å². The highest BCUT2D eigenvalue weighted by Gasteiger charge is 2.17. The molecule has 0 heterocycles. The summed E-state index contributed by atoms with van der Waals surface area (Å²) in [6.45, 7) is 7.41. The Morgan fingerprint density at radius 3 is 1.06 bits per heavy atom. The molecule has 0 radical (unpaired) electrons. The minimum atomic E-state index is -0.588. The smallest absolute Gasteiger partial charge is 0.306 e. The van der Waals surface area contributed by atoms with Crippen LogP contribution < -0.4 is 0 Å². The number of hydrogen-bond acceptors (Lipinski definition) is 5. The van der Waals surface area contributed by atoms with Gasteiger partial charge in [0.15, 0.2) is 6.10 Å². The van der Waals surface area contributed by atoms with Crippen molar-refractivity contribution in [3.05, 3.63) is 134 Å². The van der Waals surface area contributed by atoms with Gasteiger partial charge in [-0.25, -0.2) is 0 Å². The lowest BCUT2D eigenvalue weighted by atomic mass is 10.0. The van der Waals surface area contributed by atoms with E-state index in [0.717, 1.165) is 128 Å². The predicted octanol–water partition coefficient (Wildman–Crippen LogP) is 19.1. The zero-order valence-electron chi connectivity index (χ0n) is 44.1. The third kappa shape index (κ3) is 54.6. The number of unbranched alkanes of at least 4 members (excludes halogenated alkanes) is 16. The van der Waals surface area contributed by atoms with Crippen molar-refractivity contribution in [2.45, 2.75) is 232 Å². The third-order valence-electron chi connectivity index (χ3n) is 11.2. The second kappa shape index (κ2) is 57.4. The molecule has 0 N–H and O–H groups in total. The van der Waals surface area contributed by atoms with Crippen molar-refractivity contribution in [2.24, 2.45) is 0 Å². The van der Waals surface area contributed by atoms with Crippen molar-refractivity contribution in [1.82, 2.24) is 0 Å². The van der Waals surface area contributed by atoms with Crippen LogP contribution in [0.4, 0.5) is 0 Å². The van der Waals surface area contributed by atoms with Crippen molar-refractivity contribution in [1.29, 1.82) is 0 Å². The Balaban J connectivity index is 4.45. The van der Waals surface area contributed by atoms with Gasteiger partial charge in [0.1, 0.15) is 6.61 Å².